The monoisotopic (exact) mass is 432 g/mol. The van der Waals surface area contributed by atoms with Gasteiger partial charge in [-0.2, -0.15) is 4.31 Å². The van der Waals surface area contributed by atoms with Crippen LogP contribution in [0, 0.1) is 11.7 Å². The van der Waals surface area contributed by atoms with Gasteiger partial charge < -0.3 is 10.2 Å². The van der Waals surface area contributed by atoms with Crippen LogP contribution in [0.25, 0.3) is 0 Å². The number of piperidine rings is 1. The van der Waals surface area contributed by atoms with Crippen molar-refractivity contribution >= 4 is 27.4 Å². The number of benzene rings is 1. The Morgan fingerprint density at radius 1 is 1.00 bits per heavy atom. The van der Waals surface area contributed by atoms with Gasteiger partial charge in [0.05, 0.1) is 16.8 Å². The molecule has 0 aliphatic carbocycles. The average molecular weight is 433 g/mol. The Hall–Kier alpha value is -2.52. The fourth-order valence-electron chi connectivity index (χ4n) is 3.96. The van der Waals surface area contributed by atoms with Crippen LogP contribution in [0.1, 0.15) is 25.7 Å². The van der Waals surface area contributed by atoms with Crippen LogP contribution in [-0.4, -0.2) is 49.8 Å². The minimum atomic E-state index is -3.68. The van der Waals surface area contributed by atoms with E-state index in [1.165, 1.54) is 29.3 Å². The molecule has 2 fully saturated rings. The Morgan fingerprint density at radius 2 is 1.67 bits per heavy atom. The van der Waals surface area contributed by atoms with E-state index in [0.29, 0.717) is 18.7 Å². The number of pyridine rings is 1. The molecule has 0 atom stereocenters. The predicted molar refractivity (Wildman–Crippen MR) is 112 cm³/mol. The topological polar surface area (TPSA) is 82.6 Å². The summed E-state index contributed by atoms with van der Waals surface area (Å²) in [4.78, 5) is 19.3. The van der Waals surface area contributed by atoms with Crippen LogP contribution in [-0.2, 0) is 14.8 Å². The number of carbonyl (C=O) groups excluding carboxylic acids is 1. The van der Waals surface area contributed by atoms with Crippen LogP contribution in [0.3, 0.4) is 0 Å². The summed E-state index contributed by atoms with van der Waals surface area (Å²) in [6.07, 6.45) is 5.01. The SMILES string of the molecule is O=C(Nc1ccc(N2CCCC2)cn1)C1CCN(S(=O)(=O)c2ccc(F)cc2)CC1. The second-order valence-electron chi connectivity index (χ2n) is 7.72. The quantitative estimate of drug-likeness (QED) is 0.786. The van der Waals surface area contributed by atoms with E-state index in [9.17, 15) is 17.6 Å². The van der Waals surface area contributed by atoms with Gasteiger partial charge >= 0.3 is 0 Å². The molecule has 1 amide bonds. The molecule has 7 nitrogen and oxygen atoms in total. The van der Waals surface area contributed by atoms with Gasteiger partial charge in [-0.25, -0.2) is 17.8 Å². The summed E-state index contributed by atoms with van der Waals surface area (Å²) in [5, 5.41) is 2.84. The normalized spacial score (nSPS) is 18.5. The van der Waals surface area contributed by atoms with Gasteiger partial charge in [-0.15, -0.1) is 0 Å². The molecule has 0 bridgehead atoms. The van der Waals surface area contributed by atoms with Crippen molar-refractivity contribution in [3.63, 3.8) is 0 Å². The molecule has 0 radical (unpaired) electrons. The molecule has 1 N–H and O–H groups in total. The first-order chi connectivity index (χ1) is 14.4. The third-order valence-corrected chi connectivity index (χ3v) is 7.66. The average Bonchev–Trinajstić information content (AvgIpc) is 3.30. The molecule has 2 aliphatic rings. The summed E-state index contributed by atoms with van der Waals surface area (Å²) in [7, 11) is -3.68. The number of carbonyl (C=O) groups is 1. The number of nitrogens with zero attached hydrogens (tertiary/aromatic N) is 3. The molecular formula is C21H25FN4O3S. The van der Waals surface area contributed by atoms with Gasteiger partial charge in [-0.3, -0.25) is 4.79 Å². The summed E-state index contributed by atoms with van der Waals surface area (Å²) >= 11 is 0. The lowest BCUT2D eigenvalue weighted by atomic mass is 9.97. The van der Waals surface area contributed by atoms with Gasteiger partial charge in [-0.05, 0) is 62.1 Å². The second kappa shape index (κ2) is 8.69. The van der Waals surface area contributed by atoms with E-state index in [2.05, 4.69) is 15.2 Å². The van der Waals surface area contributed by atoms with Crippen molar-refractivity contribution in [2.75, 3.05) is 36.4 Å². The molecule has 2 aromatic rings. The number of halogens is 1. The predicted octanol–water partition coefficient (Wildman–Crippen LogP) is 2.86. The van der Waals surface area contributed by atoms with Crippen molar-refractivity contribution in [1.82, 2.24) is 9.29 Å². The lowest BCUT2D eigenvalue weighted by molar-refractivity contribution is -0.120. The van der Waals surface area contributed by atoms with Crippen molar-refractivity contribution < 1.29 is 17.6 Å². The number of anilines is 2. The molecule has 1 aromatic carbocycles. The summed E-state index contributed by atoms with van der Waals surface area (Å²) < 4.78 is 39.8. The van der Waals surface area contributed by atoms with Crippen molar-refractivity contribution in [3.05, 3.63) is 48.4 Å². The van der Waals surface area contributed by atoms with Crippen molar-refractivity contribution in [2.45, 2.75) is 30.6 Å². The number of sulfonamides is 1. The molecule has 3 heterocycles. The highest BCUT2D eigenvalue weighted by atomic mass is 32.2. The van der Waals surface area contributed by atoms with Crippen molar-refractivity contribution in [2.24, 2.45) is 5.92 Å². The van der Waals surface area contributed by atoms with E-state index < -0.39 is 15.8 Å². The molecule has 0 unspecified atom stereocenters. The van der Waals surface area contributed by atoms with E-state index >= 15 is 0 Å². The van der Waals surface area contributed by atoms with Crippen LogP contribution in [0.4, 0.5) is 15.9 Å². The Balaban J connectivity index is 1.32. The minimum absolute atomic E-state index is 0.0640. The molecule has 9 heteroatoms. The van der Waals surface area contributed by atoms with Gasteiger partial charge in [0.2, 0.25) is 15.9 Å². The summed E-state index contributed by atoms with van der Waals surface area (Å²) in [5.41, 5.74) is 1.06. The van der Waals surface area contributed by atoms with Crippen LogP contribution in [0.5, 0.6) is 0 Å². The van der Waals surface area contributed by atoms with Crippen LogP contribution >= 0.6 is 0 Å². The van der Waals surface area contributed by atoms with Crippen molar-refractivity contribution in [1.29, 1.82) is 0 Å². The highest BCUT2D eigenvalue weighted by Gasteiger charge is 2.32. The Bertz CT molecular complexity index is 982. The summed E-state index contributed by atoms with van der Waals surface area (Å²) in [6, 6.07) is 8.57. The Kier molecular flexibility index (Phi) is 6.01. The van der Waals surface area contributed by atoms with Gasteiger partial charge in [0, 0.05) is 32.1 Å². The highest BCUT2D eigenvalue weighted by molar-refractivity contribution is 7.89. The number of hydrogen-bond acceptors (Lipinski definition) is 5. The number of hydrogen-bond donors (Lipinski definition) is 1. The number of amides is 1. The van der Waals surface area contributed by atoms with E-state index in [1.807, 2.05) is 6.07 Å². The number of rotatable bonds is 5. The number of nitrogens with one attached hydrogen (secondary N) is 1. The second-order valence-corrected chi connectivity index (χ2v) is 9.66. The zero-order chi connectivity index (χ0) is 21.1. The zero-order valence-electron chi connectivity index (χ0n) is 16.6. The minimum Gasteiger partial charge on any atom is -0.370 e. The maximum Gasteiger partial charge on any atom is 0.243 e. The van der Waals surface area contributed by atoms with Gasteiger partial charge in [0.1, 0.15) is 11.6 Å². The maximum atomic E-state index is 13.1. The van der Waals surface area contributed by atoms with Gasteiger partial charge in [-0.1, -0.05) is 0 Å². The molecule has 2 aliphatic heterocycles. The fourth-order valence-corrected chi connectivity index (χ4v) is 5.43. The lowest BCUT2D eigenvalue weighted by Crippen LogP contribution is -2.41. The standard InChI is InChI=1S/C21H25FN4O3S/c22-17-3-6-19(7-4-17)30(28,29)26-13-9-16(10-14-26)21(27)24-20-8-5-18(15-23-20)25-11-1-2-12-25/h3-8,15-16H,1-2,9-14H2,(H,23,24,27). The molecule has 4 rings (SSSR count). The highest BCUT2D eigenvalue weighted by Crippen LogP contribution is 2.25. The van der Waals surface area contributed by atoms with E-state index in [4.69, 9.17) is 0 Å². The molecule has 160 valence electrons. The van der Waals surface area contributed by atoms with Crippen LogP contribution in [0.2, 0.25) is 0 Å². The maximum absolute atomic E-state index is 13.1. The van der Waals surface area contributed by atoms with E-state index in [1.54, 1.807) is 12.3 Å². The zero-order valence-corrected chi connectivity index (χ0v) is 17.4. The molecule has 2 saturated heterocycles. The first-order valence-electron chi connectivity index (χ1n) is 10.2. The first kappa shape index (κ1) is 20.7. The molecule has 30 heavy (non-hydrogen) atoms. The third kappa shape index (κ3) is 4.46. The van der Waals surface area contributed by atoms with E-state index in [0.717, 1.165) is 30.9 Å². The Morgan fingerprint density at radius 3 is 2.27 bits per heavy atom. The van der Waals surface area contributed by atoms with Crippen molar-refractivity contribution in [3.8, 4) is 0 Å². The van der Waals surface area contributed by atoms with Gasteiger partial charge in [0.15, 0.2) is 0 Å². The van der Waals surface area contributed by atoms with E-state index in [-0.39, 0.29) is 29.8 Å². The van der Waals surface area contributed by atoms with Crippen LogP contribution < -0.4 is 10.2 Å². The third-order valence-electron chi connectivity index (χ3n) is 5.75. The van der Waals surface area contributed by atoms with Gasteiger partial charge in [0.25, 0.3) is 0 Å². The Labute approximate surface area is 176 Å². The van der Waals surface area contributed by atoms with Crippen LogP contribution in [0.15, 0.2) is 47.5 Å². The number of aromatic nitrogens is 1. The smallest absolute Gasteiger partial charge is 0.243 e. The largest absolute Gasteiger partial charge is 0.370 e. The fraction of sp³-hybridized carbons (Fsp3) is 0.429. The molecule has 0 saturated carbocycles. The lowest BCUT2D eigenvalue weighted by Gasteiger charge is -2.30. The molecule has 0 spiro atoms. The summed E-state index contributed by atoms with van der Waals surface area (Å²) in [6.45, 7) is 2.57. The molecule has 1 aromatic heterocycles. The summed E-state index contributed by atoms with van der Waals surface area (Å²) in [5.74, 6) is -0.393. The first-order valence-corrected chi connectivity index (χ1v) is 11.6. The molecular weight excluding hydrogens is 407 g/mol.